The third kappa shape index (κ3) is 7.37. The molecule has 0 spiro atoms. The molecule has 0 amide bonds. The van der Waals surface area contributed by atoms with Gasteiger partial charge in [-0.2, -0.15) is 0 Å². The molecule has 3 nitrogen and oxygen atoms in total. The van der Waals surface area contributed by atoms with Crippen LogP contribution in [-0.2, 0) is 9.53 Å². The first-order valence-corrected chi connectivity index (χ1v) is 5.58. The first-order chi connectivity index (χ1) is 6.76. The third-order valence-corrected chi connectivity index (χ3v) is 2.29. The molecule has 0 N–H and O–H groups in total. The molecule has 1 atom stereocenters. The Bertz CT molecular complexity index is 194. The van der Waals surface area contributed by atoms with E-state index in [0.29, 0.717) is 13.0 Å². The monoisotopic (exact) mass is 215 g/mol. The molecule has 0 aliphatic rings. The normalized spacial score (nSPS) is 14.1. The van der Waals surface area contributed by atoms with Crippen molar-refractivity contribution in [3.63, 3.8) is 0 Å². The molecule has 1 unspecified atom stereocenters. The summed E-state index contributed by atoms with van der Waals surface area (Å²) in [5.74, 6) is -0.0968. The molecule has 0 aromatic heterocycles. The number of ether oxygens (including phenoxy) is 1. The van der Waals surface area contributed by atoms with Gasteiger partial charge in [-0.05, 0) is 32.9 Å². The van der Waals surface area contributed by atoms with Gasteiger partial charge < -0.3 is 9.64 Å². The molecule has 0 bridgehead atoms. The number of hydrogen-bond acceptors (Lipinski definition) is 3. The molecule has 0 saturated carbocycles. The number of hydrogen-bond donors (Lipinski definition) is 0. The Morgan fingerprint density at radius 1 is 1.33 bits per heavy atom. The fraction of sp³-hybridized carbons (Fsp3) is 0.917. The molecule has 0 saturated heterocycles. The zero-order chi connectivity index (χ0) is 12.1. The molecule has 0 heterocycles. The van der Waals surface area contributed by atoms with E-state index in [1.54, 1.807) is 0 Å². The summed E-state index contributed by atoms with van der Waals surface area (Å²) < 4.78 is 4.97. The fourth-order valence-electron chi connectivity index (χ4n) is 1.56. The number of carbonyl (C=O) groups is 1. The number of esters is 1. The predicted molar refractivity (Wildman–Crippen MR) is 62.8 cm³/mol. The van der Waals surface area contributed by atoms with Crippen molar-refractivity contribution in [3.05, 3.63) is 0 Å². The maximum atomic E-state index is 11.4. The van der Waals surface area contributed by atoms with E-state index in [1.807, 2.05) is 21.0 Å². The van der Waals surface area contributed by atoms with Crippen molar-refractivity contribution >= 4 is 5.97 Å². The summed E-state index contributed by atoms with van der Waals surface area (Å²) in [6.45, 7) is 8.87. The summed E-state index contributed by atoms with van der Waals surface area (Å²) in [6.07, 6.45) is 1.48. The van der Waals surface area contributed by atoms with Gasteiger partial charge >= 0.3 is 5.97 Å². The zero-order valence-corrected chi connectivity index (χ0v) is 11.0. The van der Waals surface area contributed by atoms with E-state index in [1.165, 1.54) is 0 Å². The van der Waals surface area contributed by atoms with E-state index in [4.69, 9.17) is 4.74 Å². The van der Waals surface area contributed by atoms with Crippen molar-refractivity contribution < 1.29 is 9.53 Å². The second kappa shape index (κ2) is 6.11. The van der Waals surface area contributed by atoms with Gasteiger partial charge in [0.05, 0.1) is 13.0 Å². The summed E-state index contributed by atoms with van der Waals surface area (Å²) >= 11 is 0. The van der Waals surface area contributed by atoms with Gasteiger partial charge in [0.2, 0.25) is 0 Å². The van der Waals surface area contributed by atoms with E-state index < -0.39 is 0 Å². The summed E-state index contributed by atoms with van der Waals surface area (Å²) in [5, 5.41) is 0. The first kappa shape index (κ1) is 14.4. The molecule has 90 valence electrons. The van der Waals surface area contributed by atoms with Gasteiger partial charge in [0.15, 0.2) is 0 Å². The van der Waals surface area contributed by atoms with E-state index in [9.17, 15) is 4.79 Å². The van der Waals surface area contributed by atoms with Crippen LogP contribution in [0.1, 0.15) is 40.5 Å². The van der Waals surface area contributed by atoms with Crippen molar-refractivity contribution in [2.45, 2.75) is 46.6 Å². The molecule has 0 rings (SSSR count). The lowest BCUT2D eigenvalue weighted by Gasteiger charge is -2.30. The minimum Gasteiger partial charge on any atom is -0.466 e. The topological polar surface area (TPSA) is 29.5 Å². The molecule has 0 aliphatic carbocycles. The van der Waals surface area contributed by atoms with Gasteiger partial charge in [0.25, 0.3) is 0 Å². The van der Waals surface area contributed by atoms with Crippen LogP contribution in [0.2, 0.25) is 0 Å². The second-order valence-corrected chi connectivity index (χ2v) is 5.39. The molecule has 3 heteroatoms. The standard InChI is InChI=1S/C12H25NO2/c1-7-15-11(14)8-10(13(5)6)9-12(2,3)4/h10H,7-9H2,1-6H3. The van der Waals surface area contributed by atoms with E-state index >= 15 is 0 Å². The Labute approximate surface area is 93.8 Å². The van der Waals surface area contributed by atoms with Gasteiger partial charge in [-0.1, -0.05) is 20.8 Å². The third-order valence-electron chi connectivity index (χ3n) is 2.29. The maximum absolute atomic E-state index is 11.4. The van der Waals surface area contributed by atoms with E-state index in [0.717, 1.165) is 6.42 Å². The van der Waals surface area contributed by atoms with Crippen LogP contribution in [0.3, 0.4) is 0 Å². The average molecular weight is 215 g/mol. The van der Waals surface area contributed by atoms with Crippen LogP contribution in [0.15, 0.2) is 0 Å². The Hall–Kier alpha value is -0.570. The van der Waals surface area contributed by atoms with Gasteiger partial charge in [0.1, 0.15) is 0 Å². The van der Waals surface area contributed by atoms with Crippen LogP contribution in [0.4, 0.5) is 0 Å². The highest BCUT2D eigenvalue weighted by Gasteiger charge is 2.23. The number of nitrogens with zero attached hydrogens (tertiary/aromatic N) is 1. The molecule has 15 heavy (non-hydrogen) atoms. The Morgan fingerprint density at radius 2 is 1.87 bits per heavy atom. The van der Waals surface area contributed by atoms with E-state index in [2.05, 4.69) is 25.7 Å². The highest BCUT2D eigenvalue weighted by molar-refractivity contribution is 5.70. The van der Waals surface area contributed by atoms with Crippen molar-refractivity contribution in [1.82, 2.24) is 4.90 Å². The van der Waals surface area contributed by atoms with Gasteiger partial charge in [0, 0.05) is 6.04 Å². The van der Waals surface area contributed by atoms with Crippen molar-refractivity contribution in [1.29, 1.82) is 0 Å². The van der Waals surface area contributed by atoms with Crippen LogP contribution in [-0.4, -0.2) is 37.6 Å². The van der Waals surface area contributed by atoms with Gasteiger partial charge in [-0.25, -0.2) is 0 Å². The Morgan fingerprint density at radius 3 is 2.20 bits per heavy atom. The Kier molecular flexibility index (Phi) is 5.88. The zero-order valence-electron chi connectivity index (χ0n) is 11.0. The average Bonchev–Trinajstić information content (AvgIpc) is 2.00. The lowest BCUT2D eigenvalue weighted by molar-refractivity contribution is -0.144. The molecule has 0 aliphatic heterocycles. The van der Waals surface area contributed by atoms with Crippen molar-refractivity contribution in [2.75, 3.05) is 20.7 Å². The van der Waals surface area contributed by atoms with Crippen molar-refractivity contribution in [3.8, 4) is 0 Å². The van der Waals surface area contributed by atoms with Gasteiger partial charge in [-0.15, -0.1) is 0 Å². The minimum atomic E-state index is -0.0968. The van der Waals surface area contributed by atoms with Crippen molar-refractivity contribution in [2.24, 2.45) is 5.41 Å². The molecule has 0 aromatic carbocycles. The molecule has 0 fully saturated rings. The molecule has 0 aromatic rings. The lowest BCUT2D eigenvalue weighted by atomic mass is 9.86. The summed E-state index contributed by atoms with van der Waals surface area (Å²) in [5.41, 5.74) is 0.238. The minimum absolute atomic E-state index is 0.0968. The smallest absolute Gasteiger partial charge is 0.307 e. The number of carbonyl (C=O) groups excluding carboxylic acids is 1. The highest BCUT2D eigenvalue weighted by Crippen LogP contribution is 2.24. The maximum Gasteiger partial charge on any atom is 0.307 e. The summed E-state index contributed by atoms with van der Waals surface area (Å²) in [7, 11) is 4.02. The number of rotatable bonds is 5. The SMILES string of the molecule is CCOC(=O)CC(CC(C)(C)C)N(C)C. The predicted octanol–water partition coefficient (Wildman–Crippen LogP) is 2.31. The summed E-state index contributed by atoms with van der Waals surface area (Å²) in [4.78, 5) is 13.5. The second-order valence-electron chi connectivity index (χ2n) is 5.39. The van der Waals surface area contributed by atoms with Gasteiger partial charge in [-0.3, -0.25) is 4.79 Å². The first-order valence-electron chi connectivity index (χ1n) is 5.58. The molecular weight excluding hydrogens is 190 g/mol. The quantitative estimate of drug-likeness (QED) is 0.659. The van der Waals surface area contributed by atoms with Crippen LogP contribution >= 0.6 is 0 Å². The van der Waals surface area contributed by atoms with Crippen LogP contribution in [0.25, 0.3) is 0 Å². The van der Waals surface area contributed by atoms with Crippen LogP contribution < -0.4 is 0 Å². The molecule has 0 radical (unpaired) electrons. The summed E-state index contributed by atoms with van der Waals surface area (Å²) in [6, 6.07) is 0.268. The highest BCUT2D eigenvalue weighted by atomic mass is 16.5. The van der Waals surface area contributed by atoms with Crippen LogP contribution in [0, 0.1) is 5.41 Å². The van der Waals surface area contributed by atoms with Crippen LogP contribution in [0.5, 0.6) is 0 Å². The molecular formula is C12H25NO2. The fourth-order valence-corrected chi connectivity index (χ4v) is 1.56. The lowest BCUT2D eigenvalue weighted by Crippen LogP contribution is -2.34. The Balaban J connectivity index is 4.23. The van der Waals surface area contributed by atoms with E-state index in [-0.39, 0.29) is 17.4 Å². The largest absolute Gasteiger partial charge is 0.466 e.